The van der Waals surface area contributed by atoms with E-state index in [4.69, 9.17) is 4.74 Å². The first-order chi connectivity index (χ1) is 17.5. The van der Waals surface area contributed by atoms with Gasteiger partial charge in [0.2, 0.25) is 0 Å². The van der Waals surface area contributed by atoms with Crippen LogP contribution in [-0.2, 0) is 11.3 Å². The van der Waals surface area contributed by atoms with Gasteiger partial charge < -0.3 is 19.9 Å². The lowest BCUT2D eigenvalue weighted by Gasteiger charge is -2.48. The quantitative estimate of drug-likeness (QED) is 0.579. The van der Waals surface area contributed by atoms with Gasteiger partial charge in [0.15, 0.2) is 0 Å². The molecule has 2 aliphatic rings. The van der Waals surface area contributed by atoms with E-state index in [9.17, 15) is 9.59 Å². The topological polar surface area (TPSA) is 77.7 Å². The number of rotatable bonds is 7. The molecule has 7 heteroatoms. The Morgan fingerprint density at radius 2 is 1.81 bits per heavy atom. The van der Waals surface area contributed by atoms with E-state index in [1.54, 1.807) is 0 Å². The Bertz CT molecular complexity index is 1180. The lowest BCUT2D eigenvalue weighted by molar-refractivity contribution is 0.0470. The summed E-state index contributed by atoms with van der Waals surface area (Å²) in [5, 5.41) is 3.05. The fraction of sp³-hybridized carbons (Fsp3) is 0.600. The Morgan fingerprint density at radius 1 is 1.14 bits per heavy atom. The number of anilines is 1. The van der Waals surface area contributed by atoms with Gasteiger partial charge >= 0.3 is 0 Å². The zero-order valence-electron chi connectivity index (χ0n) is 23.7. The number of benzene rings is 1. The minimum Gasteiger partial charge on any atom is -0.381 e. The van der Waals surface area contributed by atoms with Gasteiger partial charge in [0.05, 0.1) is 0 Å². The van der Waals surface area contributed by atoms with E-state index in [-0.39, 0.29) is 23.6 Å². The number of aromatic amines is 1. The van der Waals surface area contributed by atoms with Gasteiger partial charge in [-0.25, -0.2) is 0 Å². The number of likely N-dealkylation sites (tertiary alicyclic amines) is 1. The minimum absolute atomic E-state index is 0.130. The van der Waals surface area contributed by atoms with Crippen molar-refractivity contribution in [1.29, 1.82) is 0 Å². The van der Waals surface area contributed by atoms with Gasteiger partial charge in [-0.1, -0.05) is 0 Å². The van der Waals surface area contributed by atoms with Gasteiger partial charge in [0.25, 0.3) is 11.5 Å². The van der Waals surface area contributed by atoms with Gasteiger partial charge in [0.1, 0.15) is 0 Å². The third-order valence-corrected chi connectivity index (χ3v) is 8.15. The molecule has 0 unspecified atom stereocenters. The molecule has 1 aromatic carbocycles. The van der Waals surface area contributed by atoms with Gasteiger partial charge in [-0.3, -0.25) is 14.5 Å². The van der Waals surface area contributed by atoms with E-state index in [0.29, 0.717) is 23.1 Å². The number of aryl methyl sites for hydroxylation is 2. The number of aromatic nitrogens is 1. The van der Waals surface area contributed by atoms with Crippen LogP contribution in [0.4, 0.5) is 5.69 Å². The van der Waals surface area contributed by atoms with Crippen LogP contribution >= 0.6 is 0 Å². The number of nitrogens with zero attached hydrogens (tertiary/aromatic N) is 2. The Kier molecular flexibility index (Phi) is 8.14. The molecule has 2 N–H and O–H groups in total. The summed E-state index contributed by atoms with van der Waals surface area (Å²) < 4.78 is 5.63. The molecule has 0 bridgehead atoms. The Morgan fingerprint density at radius 3 is 2.41 bits per heavy atom. The fourth-order valence-corrected chi connectivity index (χ4v) is 5.71. The van der Waals surface area contributed by atoms with Crippen molar-refractivity contribution in [3.05, 3.63) is 62.1 Å². The summed E-state index contributed by atoms with van der Waals surface area (Å²) in [7, 11) is 0. The number of carbonyl (C=O) groups is 1. The van der Waals surface area contributed by atoms with Crippen LogP contribution in [0.1, 0.15) is 84.8 Å². The molecular weight excluding hydrogens is 464 g/mol. The Labute approximate surface area is 221 Å². The van der Waals surface area contributed by atoms with Gasteiger partial charge in [-0.15, -0.1) is 0 Å². The molecule has 0 saturated carbocycles. The summed E-state index contributed by atoms with van der Waals surface area (Å²) in [6, 6.07) is 6.76. The van der Waals surface area contributed by atoms with Crippen molar-refractivity contribution in [2.45, 2.75) is 85.4 Å². The standard InChI is InChI=1S/C30H44N4O3/c1-8-34(24-9-11-37-12-10-24)27-15-22(23-17-33(18-23)30(5,6)7)14-25(21(27)4)28(35)31-16-26-19(2)13-20(3)32-29(26)36/h13-15,23-24H,8-12,16-18H2,1-7H3,(H,31,35)(H,32,36). The molecular formula is C30H44N4O3. The second-order valence-electron chi connectivity index (χ2n) is 11.7. The van der Waals surface area contributed by atoms with Crippen LogP contribution in [0.25, 0.3) is 0 Å². The molecule has 2 saturated heterocycles. The molecule has 0 radical (unpaired) electrons. The van der Waals surface area contributed by atoms with Crippen molar-refractivity contribution in [2.75, 3.05) is 37.7 Å². The third kappa shape index (κ3) is 5.93. The number of ether oxygens (including phenoxy) is 1. The number of amides is 1. The predicted molar refractivity (Wildman–Crippen MR) is 150 cm³/mol. The van der Waals surface area contributed by atoms with Gasteiger partial charge in [-0.2, -0.15) is 0 Å². The number of H-pyrrole nitrogens is 1. The van der Waals surface area contributed by atoms with E-state index in [1.807, 2.05) is 19.9 Å². The van der Waals surface area contributed by atoms with Crippen molar-refractivity contribution < 1.29 is 9.53 Å². The summed E-state index contributed by atoms with van der Waals surface area (Å²) in [6.07, 6.45) is 1.99. The van der Waals surface area contributed by atoms with Gasteiger partial charge in [0, 0.05) is 79.4 Å². The Hall–Kier alpha value is -2.64. The molecule has 2 aromatic rings. The lowest BCUT2D eigenvalue weighted by Crippen LogP contribution is -2.54. The van der Waals surface area contributed by atoms with E-state index >= 15 is 0 Å². The van der Waals surface area contributed by atoms with Crippen molar-refractivity contribution in [3.8, 4) is 0 Å². The first kappa shape index (κ1) is 27.4. The van der Waals surface area contributed by atoms with E-state index in [1.165, 1.54) is 5.56 Å². The highest BCUT2D eigenvalue weighted by molar-refractivity contribution is 5.97. The molecule has 2 fully saturated rings. The molecule has 0 aliphatic carbocycles. The second kappa shape index (κ2) is 11.0. The molecule has 1 amide bonds. The number of nitrogens with one attached hydrogen (secondary N) is 2. The van der Waals surface area contributed by atoms with Crippen LogP contribution < -0.4 is 15.8 Å². The zero-order valence-corrected chi connectivity index (χ0v) is 23.7. The molecule has 4 rings (SSSR count). The van der Waals surface area contributed by atoms with Crippen LogP contribution in [0.2, 0.25) is 0 Å². The zero-order chi connectivity index (χ0) is 26.9. The van der Waals surface area contributed by atoms with Crippen LogP contribution in [0.15, 0.2) is 23.0 Å². The molecule has 7 nitrogen and oxygen atoms in total. The summed E-state index contributed by atoms with van der Waals surface area (Å²) in [4.78, 5) is 33.9. The third-order valence-electron chi connectivity index (χ3n) is 8.15. The molecule has 0 atom stereocenters. The second-order valence-corrected chi connectivity index (χ2v) is 11.7. The summed E-state index contributed by atoms with van der Waals surface area (Å²) in [5.41, 5.74) is 6.38. The highest BCUT2D eigenvalue weighted by atomic mass is 16.5. The predicted octanol–water partition coefficient (Wildman–Crippen LogP) is 4.43. The monoisotopic (exact) mass is 508 g/mol. The van der Waals surface area contributed by atoms with Crippen molar-refractivity contribution in [2.24, 2.45) is 0 Å². The van der Waals surface area contributed by atoms with Crippen molar-refractivity contribution >= 4 is 11.6 Å². The van der Waals surface area contributed by atoms with Crippen LogP contribution in [-0.4, -0.2) is 60.2 Å². The smallest absolute Gasteiger partial charge is 0.253 e. The Balaban J connectivity index is 1.66. The average molecular weight is 509 g/mol. The summed E-state index contributed by atoms with van der Waals surface area (Å²) in [6.45, 7) is 19.4. The number of carbonyl (C=O) groups excluding carboxylic acids is 1. The molecule has 202 valence electrons. The number of pyridine rings is 1. The molecule has 0 spiro atoms. The maximum Gasteiger partial charge on any atom is 0.253 e. The van der Waals surface area contributed by atoms with Crippen molar-refractivity contribution in [1.82, 2.24) is 15.2 Å². The summed E-state index contributed by atoms with van der Waals surface area (Å²) in [5.74, 6) is 0.274. The maximum absolute atomic E-state index is 13.6. The van der Waals surface area contributed by atoms with Crippen LogP contribution in [0.5, 0.6) is 0 Å². The SMILES string of the molecule is CCN(c1cc(C2CN(C(C)(C)C)C2)cc(C(=O)NCc2c(C)cc(C)[nH]c2=O)c1C)C1CCOCC1. The molecule has 1 aromatic heterocycles. The molecule has 3 heterocycles. The summed E-state index contributed by atoms with van der Waals surface area (Å²) >= 11 is 0. The maximum atomic E-state index is 13.6. The van der Waals surface area contributed by atoms with Crippen molar-refractivity contribution in [3.63, 3.8) is 0 Å². The van der Waals surface area contributed by atoms with E-state index in [2.05, 4.69) is 66.9 Å². The molecule has 37 heavy (non-hydrogen) atoms. The highest BCUT2D eigenvalue weighted by Gasteiger charge is 2.36. The minimum atomic E-state index is -0.141. The lowest BCUT2D eigenvalue weighted by atomic mass is 9.85. The van der Waals surface area contributed by atoms with Crippen LogP contribution in [0.3, 0.4) is 0 Å². The average Bonchev–Trinajstić information content (AvgIpc) is 2.79. The van der Waals surface area contributed by atoms with E-state index in [0.717, 1.165) is 68.2 Å². The van der Waals surface area contributed by atoms with Gasteiger partial charge in [-0.05, 0) is 96.2 Å². The fourth-order valence-electron chi connectivity index (χ4n) is 5.71. The molecule has 2 aliphatic heterocycles. The number of hydrogen-bond acceptors (Lipinski definition) is 5. The largest absolute Gasteiger partial charge is 0.381 e. The first-order valence-electron chi connectivity index (χ1n) is 13.7. The van der Waals surface area contributed by atoms with Crippen LogP contribution in [0, 0.1) is 20.8 Å². The highest BCUT2D eigenvalue weighted by Crippen LogP contribution is 2.37. The van der Waals surface area contributed by atoms with E-state index < -0.39 is 0 Å². The first-order valence-corrected chi connectivity index (χ1v) is 13.7. The normalized spacial score (nSPS) is 17.5. The number of hydrogen-bond donors (Lipinski definition) is 2.